The molecule has 1 saturated carbocycles. The molecule has 1 aliphatic heterocycles. The zero-order chi connectivity index (χ0) is 16.4. The monoisotopic (exact) mass is 310 g/mol. The van der Waals surface area contributed by atoms with Crippen molar-refractivity contribution in [2.45, 2.75) is 64.6 Å². The largest absolute Gasteiger partial charge is 0.497 e. The van der Waals surface area contributed by atoms with Crippen molar-refractivity contribution in [3.63, 3.8) is 0 Å². The van der Waals surface area contributed by atoms with Gasteiger partial charge in [-0.3, -0.25) is 4.98 Å². The third-order valence-corrected chi connectivity index (χ3v) is 5.34. The minimum absolute atomic E-state index is 0.352. The number of benzene rings is 1. The van der Waals surface area contributed by atoms with Crippen LogP contribution < -0.4 is 5.46 Å². The fourth-order valence-electron chi connectivity index (χ4n) is 3.04. The van der Waals surface area contributed by atoms with Gasteiger partial charge in [-0.05, 0) is 59.1 Å². The highest BCUT2D eigenvalue weighted by molar-refractivity contribution is 6.64. The Balaban J connectivity index is 1.81. The van der Waals surface area contributed by atoms with Crippen LogP contribution in [0.1, 0.15) is 57.7 Å². The number of rotatable bonds is 2. The number of nitrogens with zero attached hydrogens (tertiary/aromatic N) is 2. The van der Waals surface area contributed by atoms with Gasteiger partial charge in [-0.15, -0.1) is 0 Å². The average Bonchev–Trinajstić information content (AvgIpc) is 3.25. The van der Waals surface area contributed by atoms with Crippen molar-refractivity contribution in [2.24, 2.45) is 0 Å². The summed E-state index contributed by atoms with van der Waals surface area (Å²) in [7, 11) is -0.400. The summed E-state index contributed by atoms with van der Waals surface area (Å²) >= 11 is 0. The molecule has 0 radical (unpaired) electrons. The highest BCUT2D eigenvalue weighted by Gasteiger charge is 2.52. The summed E-state index contributed by atoms with van der Waals surface area (Å²) in [4.78, 5) is 9.53. The van der Waals surface area contributed by atoms with Crippen molar-refractivity contribution in [3.05, 3.63) is 29.6 Å². The van der Waals surface area contributed by atoms with E-state index in [9.17, 15) is 0 Å². The normalized spacial score (nSPS) is 22.7. The lowest BCUT2D eigenvalue weighted by molar-refractivity contribution is 0.00578. The molecule has 2 heterocycles. The lowest BCUT2D eigenvalue weighted by atomic mass is 9.77. The van der Waals surface area contributed by atoms with E-state index in [0.717, 1.165) is 27.8 Å². The second kappa shape index (κ2) is 4.77. The van der Waals surface area contributed by atoms with Gasteiger partial charge in [0.25, 0.3) is 0 Å². The van der Waals surface area contributed by atoms with E-state index < -0.39 is 7.12 Å². The number of hydrogen-bond acceptors (Lipinski definition) is 4. The van der Waals surface area contributed by atoms with Crippen LogP contribution >= 0.6 is 0 Å². The topological polar surface area (TPSA) is 44.2 Å². The summed E-state index contributed by atoms with van der Waals surface area (Å²) in [5.41, 5.74) is 4.38. The van der Waals surface area contributed by atoms with Gasteiger partial charge >= 0.3 is 7.12 Å². The minimum Gasteiger partial charge on any atom is -0.399 e. The lowest BCUT2D eigenvalue weighted by Crippen LogP contribution is -2.41. The fraction of sp³-hybridized carbons (Fsp3) is 0.556. The Bertz CT molecular complexity index is 768. The fourth-order valence-corrected chi connectivity index (χ4v) is 3.04. The molecule has 1 aromatic heterocycles. The molecule has 1 saturated heterocycles. The molecule has 0 amide bonds. The van der Waals surface area contributed by atoms with Crippen LogP contribution in [-0.2, 0) is 9.31 Å². The van der Waals surface area contributed by atoms with E-state index in [1.165, 1.54) is 12.8 Å². The van der Waals surface area contributed by atoms with Gasteiger partial charge in [-0.1, -0.05) is 6.07 Å². The lowest BCUT2D eigenvalue weighted by Gasteiger charge is -2.32. The second-order valence-corrected chi connectivity index (χ2v) is 7.88. The number of aryl methyl sites for hydroxylation is 1. The van der Waals surface area contributed by atoms with Crippen LogP contribution in [-0.4, -0.2) is 28.3 Å². The van der Waals surface area contributed by atoms with Gasteiger partial charge in [0, 0.05) is 17.6 Å². The van der Waals surface area contributed by atoms with Gasteiger partial charge in [0.1, 0.15) is 0 Å². The van der Waals surface area contributed by atoms with E-state index in [1.807, 2.05) is 6.20 Å². The third-order valence-electron chi connectivity index (χ3n) is 5.34. The Hall–Kier alpha value is -1.46. The van der Waals surface area contributed by atoms with E-state index in [1.54, 1.807) is 0 Å². The molecular formula is C18H23BN2O2. The number of hydrogen-bond donors (Lipinski definition) is 0. The van der Waals surface area contributed by atoms with E-state index >= 15 is 0 Å². The van der Waals surface area contributed by atoms with Gasteiger partial charge < -0.3 is 9.31 Å². The highest BCUT2D eigenvalue weighted by Crippen LogP contribution is 2.39. The Kier molecular flexibility index (Phi) is 3.13. The quantitative estimate of drug-likeness (QED) is 0.800. The molecule has 0 atom stereocenters. The van der Waals surface area contributed by atoms with E-state index in [4.69, 9.17) is 19.3 Å². The maximum absolute atomic E-state index is 6.21. The molecule has 1 aliphatic carbocycles. The Labute approximate surface area is 137 Å². The predicted molar refractivity (Wildman–Crippen MR) is 92.0 cm³/mol. The van der Waals surface area contributed by atoms with Crippen molar-refractivity contribution >= 4 is 23.6 Å². The molecule has 120 valence electrons. The molecule has 0 N–H and O–H groups in total. The third kappa shape index (κ3) is 2.46. The first kappa shape index (κ1) is 15.1. The van der Waals surface area contributed by atoms with Crippen molar-refractivity contribution < 1.29 is 9.31 Å². The van der Waals surface area contributed by atoms with E-state index in [0.29, 0.717) is 5.92 Å². The molecule has 4 rings (SSSR count). The minimum atomic E-state index is -0.400. The van der Waals surface area contributed by atoms with Gasteiger partial charge in [-0.25, -0.2) is 4.98 Å². The Morgan fingerprint density at radius 1 is 1.09 bits per heavy atom. The van der Waals surface area contributed by atoms with Crippen LogP contribution in [0.5, 0.6) is 0 Å². The smallest absolute Gasteiger partial charge is 0.399 e. The molecular weight excluding hydrogens is 287 g/mol. The highest BCUT2D eigenvalue weighted by atomic mass is 16.7. The van der Waals surface area contributed by atoms with Gasteiger partial charge in [0.05, 0.1) is 27.9 Å². The Morgan fingerprint density at radius 3 is 2.35 bits per heavy atom. The van der Waals surface area contributed by atoms with Gasteiger partial charge in [-0.2, -0.15) is 0 Å². The van der Waals surface area contributed by atoms with Crippen LogP contribution in [0.4, 0.5) is 0 Å². The summed E-state index contributed by atoms with van der Waals surface area (Å²) in [5.74, 6) is 0.604. The van der Waals surface area contributed by atoms with E-state index in [2.05, 4.69) is 46.8 Å². The molecule has 2 aliphatic rings. The van der Waals surface area contributed by atoms with Crippen molar-refractivity contribution in [2.75, 3.05) is 0 Å². The number of aromatic nitrogens is 2. The molecule has 0 spiro atoms. The summed E-state index contributed by atoms with van der Waals surface area (Å²) in [6.07, 6.45) is 4.39. The zero-order valence-electron chi connectivity index (χ0n) is 14.5. The first-order valence-electron chi connectivity index (χ1n) is 8.40. The molecule has 2 fully saturated rings. The first-order valence-corrected chi connectivity index (χ1v) is 8.40. The molecule has 0 bridgehead atoms. The van der Waals surface area contributed by atoms with Gasteiger partial charge in [0.15, 0.2) is 0 Å². The van der Waals surface area contributed by atoms with Gasteiger partial charge in [0.2, 0.25) is 0 Å². The number of fused-ring (bicyclic) bond motifs is 1. The average molecular weight is 310 g/mol. The van der Waals surface area contributed by atoms with Crippen LogP contribution in [0.25, 0.3) is 11.0 Å². The summed E-state index contributed by atoms with van der Waals surface area (Å²) in [5, 5.41) is 0. The molecule has 0 unspecified atom stereocenters. The van der Waals surface area contributed by atoms with Crippen LogP contribution in [0, 0.1) is 6.92 Å². The second-order valence-electron chi connectivity index (χ2n) is 7.88. The van der Waals surface area contributed by atoms with Crippen molar-refractivity contribution in [1.82, 2.24) is 9.97 Å². The van der Waals surface area contributed by atoms with Crippen LogP contribution in [0.15, 0.2) is 18.3 Å². The SMILES string of the molecule is Cc1cc(B2OC(C)(C)C(C)(C)O2)c2ncc(C3CC3)nc2c1. The summed E-state index contributed by atoms with van der Waals surface area (Å²) < 4.78 is 12.4. The predicted octanol–water partition coefficient (Wildman–Crippen LogP) is 3.11. The first-order chi connectivity index (χ1) is 10.8. The maximum Gasteiger partial charge on any atom is 0.497 e. The zero-order valence-corrected chi connectivity index (χ0v) is 14.5. The summed E-state index contributed by atoms with van der Waals surface area (Å²) in [6.45, 7) is 10.4. The molecule has 5 heteroatoms. The molecule has 1 aromatic carbocycles. The van der Waals surface area contributed by atoms with Crippen molar-refractivity contribution in [1.29, 1.82) is 0 Å². The Morgan fingerprint density at radius 2 is 1.74 bits per heavy atom. The van der Waals surface area contributed by atoms with Crippen molar-refractivity contribution in [3.8, 4) is 0 Å². The summed E-state index contributed by atoms with van der Waals surface area (Å²) in [6, 6.07) is 4.21. The standard InChI is InChI=1S/C18H23BN2O2/c1-11-8-13(19-22-17(2,3)18(4,5)23-19)16-14(9-11)21-15(10-20-16)12-6-7-12/h8-10,12H,6-7H2,1-5H3. The van der Waals surface area contributed by atoms with Crippen LogP contribution in [0.3, 0.4) is 0 Å². The molecule has 2 aromatic rings. The van der Waals surface area contributed by atoms with E-state index in [-0.39, 0.29) is 11.2 Å². The molecule has 23 heavy (non-hydrogen) atoms. The van der Waals surface area contributed by atoms with Crippen LogP contribution in [0.2, 0.25) is 0 Å². The molecule has 4 nitrogen and oxygen atoms in total. The maximum atomic E-state index is 6.21.